The molecule has 0 radical (unpaired) electrons. The number of hydrogen-bond donors (Lipinski definition) is 0. The number of rotatable bonds is 6. The molecule has 2 aromatic carbocycles. The SMILES string of the molecule is COc1ccc(OC)c(-c2c(-n3ccnc3)c(SC)nn2-c2ccc(C)c(Cl)c2)c1. The van der Waals surface area contributed by atoms with Crippen molar-refractivity contribution >= 4 is 23.4 Å². The Morgan fingerprint density at radius 2 is 1.90 bits per heavy atom. The number of halogens is 1. The van der Waals surface area contributed by atoms with Gasteiger partial charge in [0.05, 0.1) is 26.2 Å². The van der Waals surface area contributed by atoms with Crippen molar-refractivity contribution in [2.24, 2.45) is 0 Å². The van der Waals surface area contributed by atoms with E-state index in [9.17, 15) is 0 Å². The van der Waals surface area contributed by atoms with Gasteiger partial charge in [-0.3, -0.25) is 0 Å². The third-order valence-corrected chi connectivity index (χ3v) is 5.92. The molecule has 0 saturated carbocycles. The van der Waals surface area contributed by atoms with E-state index in [1.807, 2.05) is 65.0 Å². The zero-order valence-electron chi connectivity index (χ0n) is 17.1. The van der Waals surface area contributed by atoms with Crippen molar-refractivity contribution in [3.63, 3.8) is 0 Å². The number of ether oxygens (including phenoxy) is 2. The molecule has 0 spiro atoms. The number of imidazole rings is 1. The summed E-state index contributed by atoms with van der Waals surface area (Å²) in [6.45, 7) is 1.98. The van der Waals surface area contributed by atoms with Crippen LogP contribution in [0.15, 0.2) is 60.1 Å². The van der Waals surface area contributed by atoms with Crippen molar-refractivity contribution in [3.05, 3.63) is 65.7 Å². The Bertz CT molecular complexity index is 1190. The number of aryl methyl sites for hydroxylation is 1. The van der Waals surface area contributed by atoms with Gasteiger partial charge in [-0.15, -0.1) is 11.8 Å². The number of aromatic nitrogens is 4. The zero-order valence-corrected chi connectivity index (χ0v) is 18.7. The summed E-state index contributed by atoms with van der Waals surface area (Å²) in [7, 11) is 3.30. The maximum absolute atomic E-state index is 6.44. The van der Waals surface area contributed by atoms with Crippen LogP contribution in [0.25, 0.3) is 22.6 Å². The summed E-state index contributed by atoms with van der Waals surface area (Å²) in [5.41, 5.74) is 4.47. The lowest BCUT2D eigenvalue weighted by Gasteiger charge is -2.15. The lowest BCUT2D eigenvalue weighted by molar-refractivity contribution is 0.404. The summed E-state index contributed by atoms with van der Waals surface area (Å²) in [6.07, 6.45) is 7.41. The number of hydrogen-bond acceptors (Lipinski definition) is 5. The minimum atomic E-state index is 0.682. The molecule has 0 aliphatic heterocycles. The molecule has 8 heteroatoms. The molecule has 0 atom stereocenters. The van der Waals surface area contributed by atoms with Crippen molar-refractivity contribution in [2.45, 2.75) is 11.9 Å². The number of benzene rings is 2. The quantitative estimate of drug-likeness (QED) is 0.374. The van der Waals surface area contributed by atoms with E-state index in [0.717, 1.165) is 39.0 Å². The summed E-state index contributed by atoms with van der Waals surface area (Å²) >= 11 is 8.01. The number of nitrogens with zero attached hydrogens (tertiary/aromatic N) is 4. The Morgan fingerprint density at radius 3 is 2.53 bits per heavy atom. The first kappa shape index (κ1) is 20.4. The van der Waals surface area contributed by atoms with E-state index in [0.29, 0.717) is 10.8 Å². The smallest absolute Gasteiger partial charge is 0.143 e. The first-order valence-corrected chi connectivity index (χ1v) is 10.8. The van der Waals surface area contributed by atoms with Crippen LogP contribution in [-0.4, -0.2) is 39.8 Å². The molecule has 6 nitrogen and oxygen atoms in total. The van der Waals surface area contributed by atoms with Crippen LogP contribution in [0.2, 0.25) is 5.02 Å². The van der Waals surface area contributed by atoms with E-state index in [2.05, 4.69) is 4.98 Å². The summed E-state index contributed by atoms with van der Waals surface area (Å²) in [5.74, 6) is 1.44. The molecule has 0 fully saturated rings. The van der Waals surface area contributed by atoms with Gasteiger partial charge in [0.2, 0.25) is 0 Å². The van der Waals surface area contributed by atoms with Crippen LogP contribution in [0.3, 0.4) is 0 Å². The molecule has 0 N–H and O–H groups in total. The minimum Gasteiger partial charge on any atom is -0.497 e. The van der Waals surface area contributed by atoms with E-state index in [-0.39, 0.29) is 0 Å². The Balaban J connectivity index is 2.09. The summed E-state index contributed by atoms with van der Waals surface area (Å²) < 4.78 is 15.0. The normalized spacial score (nSPS) is 11.0. The minimum absolute atomic E-state index is 0.682. The monoisotopic (exact) mass is 440 g/mol. The summed E-state index contributed by atoms with van der Waals surface area (Å²) in [6, 6.07) is 11.6. The van der Waals surface area contributed by atoms with Gasteiger partial charge in [0.1, 0.15) is 27.9 Å². The van der Waals surface area contributed by atoms with Gasteiger partial charge in [0, 0.05) is 23.0 Å². The molecular weight excluding hydrogens is 420 g/mol. The lowest BCUT2D eigenvalue weighted by atomic mass is 10.1. The molecule has 0 unspecified atom stereocenters. The van der Waals surface area contributed by atoms with E-state index in [1.54, 1.807) is 38.5 Å². The second-order valence-corrected chi connectivity index (χ2v) is 7.79. The highest BCUT2D eigenvalue weighted by Gasteiger charge is 2.25. The number of thioether (sulfide) groups is 1. The maximum Gasteiger partial charge on any atom is 0.143 e. The van der Waals surface area contributed by atoms with Crippen LogP contribution in [0.5, 0.6) is 11.5 Å². The van der Waals surface area contributed by atoms with Gasteiger partial charge in [-0.05, 0) is 49.1 Å². The van der Waals surface area contributed by atoms with E-state index in [4.69, 9.17) is 26.2 Å². The molecule has 0 bridgehead atoms. The molecule has 4 aromatic rings. The summed E-state index contributed by atoms with van der Waals surface area (Å²) in [4.78, 5) is 4.23. The molecule has 0 aliphatic carbocycles. The molecule has 0 aliphatic rings. The highest BCUT2D eigenvalue weighted by Crippen LogP contribution is 2.41. The highest BCUT2D eigenvalue weighted by atomic mass is 35.5. The van der Waals surface area contributed by atoms with Crippen LogP contribution in [0.1, 0.15) is 5.56 Å². The van der Waals surface area contributed by atoms with Gasteiger partial charge in [0.25, 0.3) is 0 Å². The van der Waals surface area contributed by atoms with Crippen molar-refractivity contribution in [3.8, 4) is 34.1 Å². The predicted octanol–water partition coefficient (Wildman–Crippen LogP) is 5.43. The third-order valence-electron chi connectivity index (χ3n) is 4.85. The first-order chi connectivity index (χ1) is 14.6. The summed E-state index contributed by atoms with van der Waals surface area (Å²) in [5, 5.41) is 6.44. The Kier molecular flexibility index (Phi) is 5.74. The lowest BCUT2D eigenvalue weighted by Crippen LogP contribution is -2.03. The van der Waals surface area contributed by atoms with E-state index < -0.39 is 0 Å². The van der Waals surface area contributed by atoms with Crippen LogP contribution in [0.4, 0.5) is 0 Å². The number of methoxy groups -OCH3 is 2. The van der Waals surface area contributed by atoms with Gasteiger partial charge < -0.3 is 14.0 Å². The topological polar surface area (TPSA) is 54.1 Å². The van der Waals surface area contributed by atoms with Crippen LogP contribution in [0, 0.1) is 6.92 Å². The molecule has 30 heavy (non-hydrogen) atoms. The molecule has 0 saturated heterocycles. The fourth-order valence-corrected chi connectivity index (χ4v) is 4.03. The van der Waals surface area contributed by atoms with Gasteiger partial charge in [-0.25, -0.2) is 9.67 Å². The van der Waals surface area contributed by atoms with Gasteiger partial charge in [-0.1, -0.05) is 17.7 Å². The van der Waals surface area contributed by atoms with Gasteiger partial charge in [0.15, 0.2) is 0 Å². The van der Waals surface area contributed by atoms with Gasteiger partial charge >= 0.3 is 0 Å². The Labute approximate surface area is 184 Å². The van der Waals surface area contributed by atoms with E-state index >= 15 is 0 Å². The van der Waals surface area contributed by atoms with Crippen LogP contribution in [-0.2, 0) is 0 Å². The molecule has 2 heterocycles. The predicted molar refractivity (Wildman–Crippen MR) is 121 cm³/mol. The van der Waals surface area contributed by atoms with Crippen molar-refractivity contribution in [2.75, 3.05) is 20.5 Å². The molecule has 2 aromatic heterocycles. The Morgan fingerprint density at radius 1 is 1.07 bits per heavy atom. The average Bonchev–Trinajstić information content (AvgIpc) is 3.42. The molecule has 4 rings (SSSR count). The molecular formula is C22H21ClN4O2S. The second kappa shape index (κ2) is 8.45. The van der Waals surface area contributed by atoms with Crippen molar-refractivity contribution in [1.82, 2.24) is 19.3 Å². The standard InChI is InChI=1S/C22H21ClN4O2S/c1-14-5-6-15(11-18(14)23)27-20(17-12-16(28-2)7-8-19(17)29-3)21(22(25-27)30-4)26-10-9-24-13-26/h5-13H,1-4H3. The Hall–Kier alpha value is -2.90. The van der Waals surface area contributed by atoms with E-state index in [1.165, 1.54) is 0 Å². The van der Waals surface area contributed by atoms with Gasteiger partial charge in [-0.2, -0.15) is 5.10 Å². The van der Waals surface area contributed by atoms with Crippen LogP contribution < -0.4 is 9.47 Å². The zero-order chi connectivity index (χ0) is 21.3. The second-order valence-electron chi connectivity index (χ2n) is 6.59. The van der Waals surface area contributed by atoms with Crippen molar-refractivity contribution < 1.29 is 9.47 Å². The van der Waals surface area contributed by atoms with Crippen molar-refractivity contribution in [1.29, 1.82) is 0 Å². The highest BCUT2D eigenvalue weighted by molar-refractivity contribution is 7.98. The molecule has 0 amide bonds. The largest absolute Gasteiger partial charge is 0.497 e. The van der Waals surface area contributed by atoms with Crippen LogP contribution >= 0.6 is 23.4 Å². The average molecular weight is 441 g/mol. The first-order valence-electron chi connectivity index (χ1n) is 9.21. The fourth-order valence-electron chi connectivity index (χ4n) is 3.29. The maximum atomic E-state index is 6.44. The fraction of sp³-hybridized carbons (Fsp3) is 0.182. The third kappa shape index (κ3) is 3.55. The molecule has 154 valence electrons.